The maximum atomic E-state index is 10.8. The highest BCUT2D eigenvalue weighted by atomic mass is 16.6. The maximum Gasteiger partial charge on any atom is 0.275 e. The van der Waals surface area contributed by atoms with Gasteiger partial charge in [0, 0.05) is 6.07 Å². The minimum atomic E-state index is -0.618. The van der Waals surface area contributed by atoms with E-state index in [1.165, 1.54) is 31.4 Å². The topological polar surface area (TPSA) is 81.8 Å². The molecule has 0 fully saturated rings. The number of aliphatic imine (C=N–C) groups is 1. The van der Waals surface area contributed by atoms with Crippen LogP contribution in [0.4, 0.5) is 5.69 Å². The Morgan fingerprint density at radius 1 is 1.56 bits per heavy atom. The summed E-state index contributed by atoms with van der Waals surface area (Å²) in [7, 11) is 1.46. The third-order valence-electron chi connectivity index (χ3n) is 2.13. The summed E-state index contributed by atoms with van der Waals surface area (Å²) < 4.78 is 4.96. The minimum Gasteiger partial charge on any atom is -0.497 e. The van der Waals surface area contributed by atoms with Gasteiger partial charge in [-0.1, -0.05) is 0 Å². The molecule has 0 amide bonds. The molecule has 1 aromatic carbocycles. The Morgan fingerprint density at radius 2 is 2.25 bits per heavy atom. The molecule has 0 spiro atoms. The van der Waals surface area contributed by atoms with Crippen LogP contribution >= 0.6 is 0 Å². The van der Waals surface area contributed by atoms with Crippen LogP contribution in [0.25, 0.3) is 0 Å². The fourth-order valence-electron chi connectivity index (χ4n) is 1.31. The predicted octanol–water partition coefficient (Wildman–Crippen LogP) is 2.00. The molecule has 1 aromatic rings. The molecule has 1 unspecified atom stereocenters. The molecule has 0 heterocycles. The number of ether oxygens (including phenoxy) is 1. The molecule has 0 aliphatic carbocycles. The molecule has 0 N–H and O–H groups in total. The molecule has 6 nitrogen and oxygen atoms in total. The van der Waals surface area contributed by atoms with Gasteiger partial charge in [0.2, 0.25) is 6.08 Å². The van der Waals surface area contributed by atoms with Crippen LogP contribution in [0, 0.1) is 10.1 Å². The number of carbonyl (C=O) groups excluding carboxylic acids is 1. The number of nitro groups is 1. The van der Waals surface area contributed by atoms with Crippen molar-refractivity contribution in [2.45, 2.75) is 13.0 Å². The number of hydrogen-bond donors (Lipinski definition) is 0. The van der Waals surface area contributed by atoms with E-state index in [2.05, 4.69) is 4.99 Å². The monoisotopic (exact) mass is 222 g/mol. The number of hydrogen-bond acceptors (Lipinski definition) is 5. The van der Waals surface area contributed by atoms with E-state index < -0.39 is 11.0 Å². The molecule has 0 saturated carbocycles. The molecule has 0 saturated heterocycles. The summed E-state index contributed by atoms with van der Waals surface area (Å²) in [6.07, 6.45) is 1.38. The standard InChI is InChI=1S/C10H10N2O4/c1-7(11-6-13)9-5-8(16-2)3-4-10(9)12(14)15/h3-5,7H,1-2H3. The molecule has 0 bridgehead atoms. The first-order valence-corrected chi connectivity index (χ1v) is 4.49. The molecule has 16 heavy (non-hydrogen) atoms. The van der Waals surface area contributed by atoms with Gasteiger partial charge in [0.1, 0.15) is 5.75 Å². The lowest BCUT2D eigenvalue weighted by atomic mass is 10.1. The van der Waals surface area contributed by atoms with E-state index in [4.69, 9.17) is 4.74 Å². The van der Waals surface area contributed by atoms with E-state index in [0.29, 0.717) is 11.3 Å². The lowest BCUT2D eigenvalue weighted by Gasteiger charge is -2.07. The van der Waals surface area contributed by atoms with Gasteiger partial charge in [0.15, 0.2) is 0 Å². The van der Waals surface area contributed by atoms with Crippen molar-refractivity contribution in [3.05, 3.63) is 33.9 Å². The molecule has 0 aliphatic heterocycles. The van der Waals surface area contributed by atoms with E-state index >= 15 is 0 Å². The first-order chi connectivity index (χ1) is 7.60. The van der Waals surface area contributed by atoms with Crippen LogP contribution in [0.2, 0.25) is 0 Å². The van der Waals surface area contributed by atoms with E-state index in [1.54, 1.807) is 6.92 Å². The Hall–Kier alpha value is -2.20. The predicted molar refractivity (Wildman–Crippen MR) is 56.2 cm³/mol. The third kappa shape index (κ3) is 2.43. The number of rotatable bonds is 4. The summed E-state index contributed by atoms with van der Waals surface area (Å²) in [6, 6.07) is 3.68. The third-order valence-corrected chi connectivity index (χ3v) is 2.13. The van der Waals surface area contributed by atoms with Crippen LogP contribution in [0.1, 0.15) is 18.5 Å². The summed E-state index contributed by atoms with van der Waals surface area (Å²) in [6.45, 7) is 1.58. The van der Waals surface area contributed by atoms with Gasteiger partial charge in [0.25, 0.3) is 5.69 Å². The van der Waals surface area contributed by atoms with Crippen molar-refractivity contribution in [3.63, 3.8) is 0 Å². The largest absolute Gasteiger partial charge is 0.497 e. The number of nitrogens with zero attached hydrogens (tertiary/aromatic N) is 2. The van der Waals surface area contributed by atoms with Crippen LogP contribution in [0.5, 0.6) is 5.75 Å². The molecule has 0 radical (unpaired) electrons. The van der Waals surface area contributed by atoms with Gasteiger partial charge >= 0.3 is 0 Å². The molecular weight excluding hydrogens is 212 g/mol. The normalized spacial score (nSPS) is 11.4. The Labute approximate surface area is 91.7 Å². The molecule has 0 aromatic heterocycles. The summed E-state index contributed by atoms with van der Waals surface area (Å²) in [5.74, 6) is 0.480. The van der Waals surface area contributed by atoms with Crippen molar-refractivity contribution in [2.75, 3.05) is 7.11 Å². The van der Waals surface area contributed by atoms with Gasteiger partial charge < -0.3 is 4.74 Å². The van der Waals surface area contributed by atoms with Gasteiger partial charge in [-0.3, -0.25) is 10.1 Å². The molecular formula is C10H10N2O4. The van der Waals surface area contributed by atoms with Gasteiger partial charge in [-0.25, -0.2) is 4.79 Å². The van der Waals surface area contributed by atoms with Gasteiger partial charge in [0.05, 0.1) is 23.6 Å². The fraction of sp³-hybridized carbons (Fsp3) is 0.300. The average molecular weight is 222 g/mol. The Balaban J connectivity index is 3.30. The summed E-state index contributed by atoms with van der Waals surface area (Å²) in [5, 5.41) is 10.8. The maximum absolute atomic E-state index is 10.8. The van der Waals surface area contributed by atoms with E-state index in [9.17, 15) is 14.9 Å². The summed E-state index contributed by atoms with van der Waals surface area (Å²) >= 11 is 0. The van der Waals surface area contributed by atoms with Gasteiger partial charge in [-0.05, 0) is 19.1 Å². The molecule has 84 valence electrons. The second-order valence-electron chi connectivity index (χ2n) is 3.08. The SMILES string of the molecule is COc1ccc([N+](=O)[O-])c(C(C)N=C=O)c1. The minimum absolute atomic E-state index is 0.0905. The fourth-order valence-corrected chi connectivity index (χ4v) is 1.31. The number of benzene rings is 1. The molecule has 1 atom stereocenters. The second-order valence-corrected chi connectivity index (χ2v) is 3.08. The van der Waals surface area contributed by atoms with E-state index in [1.807, 2.05) is 0 Å². The van der Waals surface area contributed by atoms with Crippen molar-refractivity contribution >= 4 is 11.8 Å². The van der Waals surface area contributed by atoms with Crippen LogP contribution < -0.4 is 4.74 Å². The number of methoxy groups -OCH3 is 1. The zero-order chi connectivity index (χ0) is 12.1. The van der Waals surface area contributed by atoms with Crippen molar-refractivity contribution in [3.8, 4) is 5.75 Å². The quantitative estimate of drug-likeness (QED) is 0.337. The van der Waals surface area contributed by atoms with Crippen LogP contribution in [0.15, 0.2) is 23.2 Å². The summed E-state index contributed by atoms with van der Waals surface area (Å²) in [5.41, 5.74) is 0.236. The number of nitro benzene ring substituents is 1. The van der Waals surface area contributed by atoms with Crippen LogP contribution in [-0.2, 0) is 4.79 Å². The lowest BCUT2D eigenvalue weighted by molar-refractivity contribution is -0.385. The van der Waals surface area contributed by atoms with E-state index in [-0.39, 0.29) is 5.69 Å². The smallest absolute Gasteiger partial charge is 0.275 e. The molecule has 0 aliphatic rings. The Kier molecular flexibility index (Phi) is 3.74. The first kappa shape index (κ1) is 11.9. The van der Waals surface area contributed by atoms with Crippen LogP contribution in [0.3, 0.4) is 0 Å². The lowest BCUT2D eigenvalue weighted by Crippen LogP contribution is -1.99. The average Bonchev–Trinajstić information content (AvgIpc) is 2.28. The molecule has 1 rings (SSSR count). The van der Waals surface area contributed by atoms with Crippen molar-refractivity contribution < 1.29 is 14.5 Å². The zero-order valence-electron chi connectivity index (χ0n) is 8.84. The summed E-state index contributed by atoms with van der Waals surface area (Å²) in [4.78, 5) is 23.8. The van der Waals surface area contributed by atoms with Gasteiger partial charge in [-0.15, -0.1) is 0 Å². The zero-order valence-corrected chi connectivity index (χ0v) is 8.84. The van der Waals surface area contributed by atoms with Crippen LogP contribution in [-0.4, -0.2) is 18.1 Å². The Bertz CT molecular complexity index is 452. The van der Waals surface area contributed by atoms with Gasteiger partial charge in [-0.2, -0.15) is 4.99 Å². The van der Waals surface area contributed by atoms with Crippen molar-refractivity contribution in [2.24, 2.45) is 4.99 Å². The van der Waals surface area contributed by atoms with Crippen molar-refractivity contribution in [1.82, 2.24) is 0 Å². The highest BCUT2D eigenvalue weighted by Gasteiger charge is 2.19. The Morgan fingerprint density at radius 3 is 2.75 bits per heavy atom. The highest BCUT2D eigenvalue weighted by molar-refractivity contribution is 5.48. The second kappa shape index (κ2) is 5.04. The van der Waals surface area contributed by atoms with Crippen molar-refractivity contribution in [1.29, 1.82) is 0 Å². The molecule has 6 heteroatoms. The van der Waals surface area contributed by atoms with E-state index in [0.717, 1.165) is 0 Å². The number of isocyanates is 1. The first-order valence-electron chi connectivity index (χ1n) is 4.49. The highest BCUT2D eigenvalue weighted by Crippen LogP contribution is 2.30.